The summed E-state index contributed by atoms with van der Waals surface area (Å²) in [7, 11) is 0. The fourth-order valence-electron chi connectivity index (χ4n) is 1.94. The van der Waals surface area contributed by atoms with E-state index in [0.29, 0.717) is 31.4 Å². The van der Waals surface area contributed by atoms with Crippen LogP contribution in [0.2, 0.25) is 15.1 Å². The Hall–Kier alpha value is -0.720. The Morgan fingerprint density at radius 3 is 2.77 bits per heavy atom. The SMILES string of the molecule is Cc1cc2c(=O)[nH]c(SCc3c(Cl)ccc(Cl)c3Cl)nc2s1. The lowest BCUT2D eigenvalue weighted by Gasteiger charge is -2.07. The van der Waals surface area contributed by atoms with Crippen molar-refractivity contribution in [2.45, 2.75) is 17.8 Å². The molecule has 0 fully saturated rings. The first-order valence-electron chi connectivity index (χ1n) is 6.21. The van der Waals surface area contributed by atoms with Crippen LogP contribution in [0.15, 0.2) is 28.2 Å². The molecule has 3 nitrogen and oxygen atoms in total. The molecule has 0 atom stereocenters. The van der Waals surface area contributed by atoms with Gasteiger partial charge in [-0.25, -0.2) is 4.98 Å². The van der Waals surface area contributed by atoms with E-state index in [4.69, 9.17) is 34.8 Å². The van der Waals surface area contributed by atoms with Gasteiger partial charge in [-0.2, -0.15) is 0 Å². The number of hydrogen-bond acceptors (Lipinski definition) is 4. The molecule has 22 heavy (non-hydrogen) atoms. The van der Waals surface area contributed by atoms with E-state index < -0.39 is 0 Å². The largest absolute Gasteiger partial charge is 0.301 e. The number of rotatable bonds is 3. The highest BCUT2D eigenvalue weighted by molar-refractivity contribution is 7.98. The van der Waals surface area contributed by atoms with Crippen molar-refractivity contribution in [1.29, 1.82) is 0 Å². The first-order chi connectivity index (χ1) is 10.5. The minimum Gasteiger partial charge on any atom is -0.301 e. The van der Waals surface area contributed by atoms with Crippen LogP contribution in [-0.2, 0) is 5.75 Å². The number of benzene rings is 1. The van der Waals surface area contributed by atoms with Crippen molar-refractivity contribution in [1.82, 2.24) is 9.97 Å². The van der Waals surface area contributed by atoms with Crippen molar-refractivity contribution in [2.24, 2.45) is 0 Å². The second-order valence-electron chi connectivity index (χ2n) is 4.56. The van der Waals surface area contributed by atoms with E-state index in [1.54, 1.807) is 12.1 Å². The molecule has 0 spiro atoms. The predicted molar refractivity (Wildman–Crippen MR) is 96.0 cm³/mol. The average Bonchev–Trinajstić information content (AvgIpc) is 2.84. The molecule has 0 unspecified atom stereocenters. The molecule has 0 amide bonds. The van der Waals surface area contributed by atoms with Gasteiger partial charge in [-0.1, -0.05) is 46.6 Å². The smallest absolute Gasteiger partial charge is 0.260 e. The minimum absolute atomic E-state index is 0.139. The monoisotopic (exact) mass is 390 g/mol. The lowest BCUT2D eigenvalue weighted by Crippen LogP contribution is -2.07. The summed E-state index contributed by atoms with van der Waals surface area (Å²) in [6.07, 6.45) is 0. The molecule has 2 aromatic heterocycles. The summed E-state index contributed by atoms with van der Waals surface area (Å²) < 4.78 is 0. The Labute approximate surface area is 149 Å². The van der Waals surface area contributed by atoms with Gasteiger partial charge in [0.2, 0.25) is 0 Å². The number of fused-ring (bicyclic) bond motifs is 1. The summed E-state index contributed by atoms with van der Waals surface area (Å²) in [6, 6.07) is 5.19. The maximum Gasteiger partial charge on any atom is 0.260 e. The van der Waals surface area contributed by atoms with Crippen LogP contribution in [0.4, 0.5) is 0 Å². The molecule has 0 saturated carbocycles. The van der Waals surface area contributed by atoms with Gasteiger partial charge in [0.15, 0.2) is 5.16 Å². The number of hydrogen-bond donors (Lipinski definition) is 1. The van der Waals surface area contributed by atoms with Crippen LogP contribution in [0.5, 0.6) is 0 Å². The van der Waals surface area contributed by atoms with Gasteiger partial charge in [0.1, 0.15) is 4.83 Å². The van der Waals surface area contributed by atoms with E-state index in [1.165, 1.54) is 23.1 Å². The third kappa shape index (κ3) is 3.14. The molecule has 0 aliphatic carbocycles. The highest BCUT2D eigenvalue weighted by atomic mass is 35.5. The van der Waals surface area contributed by atoms with Crippen molar-refractivity contribution in [2.75, 3.05) is 0 Å². The molecule has 0 aliphatic rings. The number of thiophene rings is 1. The van der Waals surface area contributed by atoms with Gasteiger partial charge >= 0.3 is 0 Å². The van der Waals surface area contributed by atoms with Crippen LogP contribution < -0.4 is 5.56 Å². The summed E-state index contributed by atoms with van der Waals surface area (Å²) in [5.41, 5.74) is 0.589. The van der Waals surface area contributed by atoms with E-state index in [2.05, 4.69) is 9.97 Å². The van der Waals surface area contributed by atoms with Gasteiger partial charge < -0.3 is 4.98 Å². The van der Waals surface area contributed by atoms with Crippen molar-refractivity contribution in [3.05, 3.63) is 54.1 Å². The molecular formula is C14H9Cl3N2OS2. The number of halogens is 3. The first kappa shape index (κ1) is 16.1. The standard InChI is InChI=1S/C14H9Cl3N2OS2/c1-6-4-7-12(20)18-14(19-13(7)22-6)21-5-8-9(15)2-3-10(16)11(8)17/h2-4H,5H2,1H3,(H,18,19,20). The van der Waals surface area contributed by atoms with Crippen LogP contribution in [0.25, 0.3) is 10.2 Å². The van der Waals surface area contributed by atoms with E-state index in [0.717, 1.165) is 15.3 Å². The predicted octanol–water partition coefficient (Wildman–Crippen LogP) is 5.55. The summed E-state index contributed by atoms with van der Waals surface area (Å²) in [5, 5.41) is 2.57. The third-order valence-electron chi connectivity index (χ3n) is 3.00. The number of aryl methyl sites for hydroxylation is 1. The second-order valence-corrected chi connectivity index (χ2v) is 7.95. The molecule has 3 rings (SSSR count). The van der Waals surface area contributed by atoms with Gasteiger partial charge in [-0.3, -0.25) is 4.79 Å². The molecule has 8 heteroatoms. The van der Waals surface area contributed by atoms with Crippen molar-refractivity contribution >= 4 is 68.1 Å². The first-order valence-corrected chi connectivity index (χ1v) is 9.15. The second kappa shape index (κ2) is 6.42. The summed E-state index contributed by atoms with van der Waals surface area (Å²) >= 11 is 21.2. The molecular weight excluding hydrogens is 383 g/mol. The Balaban J connectivity index is 1.91. The number of nitrogens with zero attached hydrogens (tertiary/aromatic N) is 1. The molecule has 1 aromatic carbocycles. The van der Waals surface area contributed by atoms with Gasteiger partial charge in [-0.15, -0.1) is 11.3 Å². The Kier molecular flexibility index (Phi) is 4.71. The fourth-order valence-corrected chi connectivity index (χ4v) is 4.62. The zero-order chi connectivity index (χ0) is 15.9. The normalized spacial score (nSPS) is 11.3. The molecule has 1 N–H and O–H groups in total. The zero-order valence-corrected chi connectivity index (χ0v) is 15.1. The molecule has 0 bridgehead atoms. The third-order valence-corrected chi connectivity index (χ3v) is 6.04. The fraction of sp³-hybridized carbons (Fsp3) is 0.143. The van der Waals surface area contributed by atoms with E-state index in [9.17, 15) is 4.79 Å². The van der Waals surface area contributed by atoms with Crippen LogP contribution in [0.1, 0.15) is 10.4 Å². The number of aromatic nitrogens is 2. The minimum atomic E-state index is -0.139. The lowest BCUT2D eigenvalue weighted by atomic mass is 10.2. The number of aromatic amines is 1. The summed E-state index contributed by atoms with van der Waals surface area (Å²) in [4.78, 5) is 21.0. The van der Waals surface area contributed by atoms with Crippen LogP contribution in [0, 0.1) is 6.92 Å². The molecule has 0 aliphatic heterocycles. The van der Waals surface area contributed by atoms with Gasteiger partial charge in [0, 0.05) is 21.2 Å². The number of thioether (sulfide) groups is 1. The number of nitrogens with one attached hydrogen (secondary N) is 1. The summed E-state index contributed by atoms with van der Waals surface area (Å²) in [6.45, 7) is 1.95. The van der Waals surface area contributed by atoms with Gasteiger partial charge in [-0.05, 0) is 25.1 Å². The van der Waals surface area contributed by atoms with Crippen LogP contribution in [-0.4, -0.2) is 9.97 Å². The van der Waals surface area contributed by atoms with E-state index in [-0.39, 0.29) is 5.56 Å². The lowest BCUT2D eigenvalue weighted by molar-refractivity contribution is 0.979. The van der Waals surface area contributed by atoms with Crippen LogP contribution in [0.3, 0.4) is 0 Å². The zero-order valence-electron chi connectivity index (χ0n) is 11.2. The maximum absolute atomic E-state index is 12.0. The van der Waals surface area contributed by atoms with Crippen molar-refractivity contribution < 1.29 is 0 Å². The Morgan fingerprint density at radius 2 is 2.00 bits per heavy atom. The van der Waals surface area contributed by atoms with Crippen LogP contribution >= 0.6 is 57.9 Å². The van der Waals surface area contributed by atoms with Gasteiger partial charge in [0.25, 0.3) is 5.56 Å². The molecule has 0 radical (unpaired) electrons. The number of H-pyrrole nitrogens is 1. The molecule has 0 saturated heterocycles. The Bertz CT molecular complexity index is 920. The highest BCUT2D eigenvalue weighted by Crippen LogP contribution is 2.35. The van der Waals surface area contributed by atoms with Crippen molar-refractivity contribution in [3.8, 4) is 0 Å². The molecule has 114 valence electrons. The topological polar surface area (TPSA) is 45.8 Å². The van der Waals surface area contributed by atoms with E-state index in [1.807, 2.05) is 13.0 Å². The van der Waals surface area contributed by atoms with Crippen molar-refractivity contribution in [3.63, 3.8) is 0 Å². The average molecular weight is 392 g/mol. The maximum atomic E-state index is 12.0. The molecule has 3 aromatic rings. The Morgan fingerprint density at radius 1 is 1.27 bits per heavy atom. The summed E-state index contributed by atoms with van der Waals surface area (Å²) in [5.74, 6) is 0.469. The van der Waals surface area contributed by atoms with Gasteiger partial charge in [0.05, 0.1) is 15.4 Å². The van der Waals surface area contributed by atoms with E-state index >= 15 is 0 Å². The highest BCUT2D eigenvalue weighted by Gasteiger charge is 2.12. The molecule has 2 heterocycles. The quantitative estimate of drug-likeness (QED) is 0.362.